The van der Waals surface area contributed by atoms with Gasteiger partial charge in [-0.25, -0.2) is 0 Å². The van der Waals surface area contributed by atoms with Crippen molar-refractivity contribution in [1.82, 2.24) is 20.3 Å². The summed E-state index contributed by atoms with van der Waals surface area (Å²) < 4.78 is 6.08. The largest absolute Gasteiger partial charge is 0.508 e. The fourth-order valence-corrected chi connectivity index (χ4v) is 5.67. The van der Waals surface area contributed by atoms with E-state index in [1.165, 1.54) is 0 Å². The summed E-state index contributed by atoms with van der Waals surface area (Å²) in [6, 6.07) is 22.8. The summed E-state index contributed by atoms with van der Waals surface area (Å²) in [5.74, 6) is 1.76. The zero-order chi connectivity index (χ0) is 24.1. The first kappa shape index (κ1) is 21.1. The Morgan fingerprint density at radius 1 is 0.889 bits per heavy atom. The molecule has 2 aliphatic rings. The molecule has 3 aromatic carbocycles. The summed E-state index contributed by atoms with van der Waals surface area (Å²) in [6.45, 7) is 1.91. The number of benzene rings is 3. The van der Waals surface area contributed by atoms with Gasteiger partial charge in [0.15, 0.2) is 0 Å². The topological polar surface area (TPSA) is 83.4 Å². The van der Waals surface area contributed by atoms with Crippen molar-refractivity contribution in [3.05, 3.63) is 79.1 Å². The van der Waals surface area contributed by atoms with Crippen molar-refractivity contribution in [2.45, 2.75) is 24.9 Å². The maximum absolute atomic E-state index is 10.4. The molecule has 4 heterocycles. The maximum Gasteiger partial charge on any atom is 0.324 e. The molecule has 2 aromatic heterocycles. The number of hydrogen-bond donors (Lipinski definition) is 2. The van der Waals surface area contributed by atoms with Crippen molar-refractivity contribution in [3.8, 4) is 28.6 Å². The Balaban J connectivity index is 1.41. The maximum atomic E-state index is 10.4. The molecule has 2 fully saturated rings. The molecule has 0 aliphatic carbocycles. The molecular weight excluding hydrogens is 450 g/mol. The van der Waals surface area contributed by atoms with E-state index in [2.05, 4.69) is 39.5 Å². The van der Waals surface area contributed by atoms with Crippen LogP contribution in [0, 0.1) is 0 Å². The third-order valence-electron chi connectivity index (χ3n) is 7.28. The molecule has 2 N–H and O–H groups in total. The predicted octanol–water partition coefficient (Wildman–Crippen LogP) is 5.28. The van der Waals surface area contributed by atoms with Gasteiger partial charge in [-0.2, -0.15) is 9.97 Å². The van der Waals surface area contributed by atoms with Crippen LogP contribution in [0.3, 0.4) is 0 Å². The van der Waals surface area contributed by atoms with Gasteiger partial charge in [0.25, 0.3) is 0 Å². The first-order valence-corrected chi connectivity index (χ1v) is 12.3. The highest BCUT2D eigenvalue weighted by atomic mass is 16.5. The number of phenols is 1. The summed E-state index contributed by atoms with van der Waals surface area (Å²) >= 11 is 0. The number of nitrogens with zero attached hydrogens (tertiary/aromatic N) is 4. The van der Waals surface area contributed by atoms with Crippen LogP contribution >= 0.6 is 0 Å². The normalized spacial score (nSPS) is 19.2. The van der Waals surface area contributed by atoms with E-state index in [-0.39, 0.29) is 5.75 Å². The van der Waals surface area contributed by atoms with Gasteiger partial charge in [0, 0.05) is 36.8 Å². The number of aromatic hydroxyl groups is 1. The van der Waals surface area contributed by atoms with Crippen molar-refractivity contribution in [3.63, 3.8) is 0 Å². The second-order valence-electron chi connectivity index (χ2n) is 9.52. The molecule has 0 radical (unpaired) electrons. The second-order valence-corrected chi connectivity index (χ2v) is 9.52. The Labute approximate surface area is 208 Å². The number of ether oxygens (including phenoxy) is 1. The molecule has 0 amide bonds. The molecule has 0 spiro atoms. The number of rotatable bonds is 4. The third kappa shape index (κ3) is 3.60. The lowest BCUT2D eigenvalue weighted by Gasteiger charge is -2.36. The van der Waals surface area contributed by atoms with Crippen molar-refractivity contribution < 1.29 is 9.84 Å². The van der Waals surface area contributed by atoms with Gasteiger partial charge in [-0.05, 0) is 71.1 Å². The lowest BCUT2D eigenvalue weighted by atomic mass is 9.97. The van der Waals surface area contributed by atoms with Gasteiger partial charge in [0.1, 0.15) is 17.3 Å². The molecule has 0 saturated carbocycles. The van der Waals surface area contributed by atoms with E-state index in [4.69, 9.17) is 14.7 Å². The van der Waals surface area contributed by atoms with E-state index in [0.717, 1.165) is 64.6 Å². The van der Waals surface area contributed by atoms with Crippen molar-refractivity contribution in [1.29, 1.82) is 0 Å². The zero-order valence-corrected chi connectivity index (χ0v) is 19.6. The predicted molar refractivity (Wildman–Crippen MR) is 141 cm³/mol. The SMILES string of the molecule is Oc1cc(-c2ccc3c(N4[C@@H]5CC[C@H]4CNC5)nc(Oc4cccnc4)nc3c2)c2ccccc2c1. The van der Waals surface area contributed by atoms with Crippen LogP contribution < -0.4 is 15.0 Å². The monoisotopic (exact) mass is 475 g/mol. The number of fused-ring (bicyclic) bond motifs is 4. The van der Waals surface area contributed by atoms with E-state index in [1.807, 2.05) is 36.4 Å². The van der Waals surface area contributed by atoms with Crippen molar-refractivity contribution in [2.24, 2.45) is 0 Å². The van der Waals surface area contributed by atoms with E-state index >= 15 is 0 Å². The highest BCUT2D eigenvalue weighted by Crippen LogP contribution is 2.39. The summed E-state index contributed by atoms with van der Waals surface area (Å²) in [6.07, 6.45) is 5.67. The van der Waals surface area contributed by atoms with E-state index in [0.29, 0.717) is 23.8 Å². The van der Waals surface area contributed by atoms with Crippen LogP contribution in [0.5, 0.6) is 17.5 Å². The molecule has 7 nitrogen and oxygen atoms in total. The van der Waals surface area contributed by atoms with Gasteiger partial charge in [-0.1, -0.05) is 30.3 Å². The molecule has 2 aliphatic heterocycles. The van der Waals surface area contributed by atoms with Crippen LogP contribution in [0.4, 0.5) is 5.82 Å². The Bertz CT molecular complexity index is 1570. The van der Waals surface area contributed by atoms with Gasteiger partial charge in [-0.3, -0.25) is 4.98 Å². The standard InChI is InChI=1S/C29H25N5O2/c35-22-12-18-4-1-2-6-24(18)26(14-22)19-7-10-25-27(13-19)32-29(36-23-5-3-11-30-17-23)33-28(25)34-20-8-9-21(34)16-31-15-20/h1-7,10-14,17,20-21,31,35H,8-9,15-16H2/t20-,21+. The van der Waals surface area contributed by atoms with Crippen LogP contribution in [0.2, 0.25) is 0 Å². The minimum Gasteiger partial charge on any atom is -0.508 e. The van der Waals surface area contributed by atoms with Crippen LogP contribution in [0.15, 0.2) is 79.1 Å². The average Bonchev–Trinajstić information content (AvgIpc) is 3.15. The number of anilines is 1. The number of phenolic OH excluding ortho intramolecular Hbond substituents is 1. The third-order valence-corrected chi connectivity index (χ3v) is 7.28. The molecule has 36 heavy (non-hydrogen) atoms. The molecule has 178 valence electrons. The summed E-state index contributed by atoms with van der Waals surface area (Å²) in [7, 11) is 0. The molecule has 2 atom stereocenters. The fourth-order valence-electron chi connectivity index (χ4n) is 5.67. The average molecular weight is 476 g/mol. The minimum atomic E-state index is 0.241. The van der Waals surface area contributed by atoms with Gasteiger partial charge in [0.2, 0.25) is 0 Å². The van der Waals surface area contributed by atoms with Gasteiger partial charge < -0.3 is 20.1 Å². The van der Waals surface area contributed by atoms with E-state index in [9.17, 15) is 5.11 Å². The highest BCUT2D eigenvalue weighted by molar-refractivity contribution is 6.01. The number of piperazine rings is 1. The Morgan fingerprint density at radius 2 is 1.75 bits per heavy atom. The highest BCUT2D eigenvalue weighted by Gasteiger charge is 2.38. The smallest absolute Gasteiger partial charge is 0.324 e. The fraction of sp³-hybridized carbons (Fsp3) is 0.207. The van der Waals surface area contributed by atoms with Crippen molar-refractivity contribution in [2.75, 3.05) is 18.0 Å². The van der Waals surface area contributed by atoms with E-state index < -0.39 is 0 Å². The number of pyridine rings is 1. The quantitative estimate of drug-likeness (QED) is 0.366. The Kier molecular flexibility index (Phi) is 4.96. The first-order chi connectivity index (χ1) is 17.7. The molecule has 7 rings (SSSR count). The lowest BCUT2D eigenvalue weighted by Crippen LogP contribution is -2.52. The van der Waals surface area contributed by atoms with Crippen LogP contribution in [0.25, 0.3) is 32.8 Å². The molecular formula is C29H25N5O2. The minimum absolute atomic E-state index is 0.241. The molecule has 0 unspecified atom stereocenters. The second kappa shape index (κ2) is 8.46. The Morgan fingerprint density at radius 3 is 2.58 bits per heavy atom. The molecule has 5 aromatic rings. The molecule has 7 heteroatoms. The van der Waals surface area contributed by atoms with Gasteiger partial charge in [0.05, 0.1) is 11.7 Å². The molecule has 2 saturated heterocycles. The number of nitrogens with one attached hydrogen (secondary N) is 1. The number of hydrogen-bond acceptors (Lipinski definition) is 7. The van der Waals surface area contributed by atoms with Gasteiger partial charge in [-0.15, -0.1) is 0 Å². The zero-order valence-electron chi connectivity index (χ0n) is 19.6. The summed E-state index contributed by atoms with van der Waals surface area (Å²) in [5, 5.41) is 17.0. The van der Waals surface area contributed by atoms with Crippen LogP contribution in [0.1, 0.15) is 12.8 Å². The van der Waals surface area contributed by atoms with Crippen LogP contribution in [-0.4, -0.2) is 45.2 Å². The first-order valence-electron chi connectivity index (χ1n) is 12.3. The molecule has 2 bridgehead atoms. The lowest BCUT2D eigenvalue weighted by molar-refractivity contribution is 0.437. The summed E-state index contributed by atoms with van der Waals surface area (Å²) in [5.41, 5.74) is 2.75. The summed E-state index contributed by atoms with van der Waals surface area (Å²) in [4.78, 5) is 16.4. The van der Waals surface area contributed by atoms with E-state index in [1.54, 1.807) is 18.5 Å². The van der Waals surface area contributed by atoms with Gasteiger partial charge >= 0.3 is 6.01 Å². The Hall–Kier alpha value is -4.23. The van der Waals surface area contributed by atoms with Crippen molar-refractivity contribution >= 4 is 27.5 Å². The number of aromatic nitrogens is 3. The van der Waals surface area contributed by atoms with Crippen LogP contribution in [-0.2, 0) is 0 Å².